The van der Waals surface area contributed by atoms with Crippen molar-refractivity contribution in [3.05, 3.63) is 33.8 Å². The highest BCUT2D eigenvalue weighted by atomic mass is 79.9. The van der Waals surface area contributed by atoms with Crippen LogP contribution in [0.3, 0.4) is 0 Å². The lowest BCUT2D eigenvalue weighted by molar-refractivity contribution is -0.124. The monoisotopic (exact) mass is 298 g/mol. The number of ketones is 1. The maximum atomic E-state index is 12.2. The fourth-order valence-corrected chi connectivity index (χ4v) is 3.13. The molecule has 0 saturated heterocycles. The number of aliphatic hydroxyl groups is 2. The molecule has 0 bridgehead atoms. The van der Waals surface area contributed by atoms with Crippen LogP contribution in [0.25, 0.3) is 0 Å². The van der Waals surface area contributed by atoms with Crippen LogP contribution in [0.15, 0.2) is 22.7 Å². The number of aliphatic hydroxyl groups excluding tert-OH is 2. The standard InChI is InChI=1S/C13H15BrO3/c14-10-1-2-11-9(7-10)8-12(17)13(11,3-5-15)4-6-16/h1-2,7,15-16H,3-6,8H2. The molecule has 4 heteroatoms. The Hall–Kier alpha value is -0.710. The molecule has 0 aromatic heterocycles. The Bertz CT molecular complexity index is 436. The summed E-state index contributed by atoms with van der Waals surface area (Å²) in [6.45, 7) is -0.0809. The number of fused-ring (bicyclic) bond motifs is 1. The highest BCUT2D eigenvalue weighted by Crippen LogP contribution is 2.42. The summed E-state index contributed by atoms with van der Waals surface area (Å²) in [5.41, 5.74) is 1.29. The van der Waals surface area contributed by atoms with E-state index in [2.05, 4.69) is 15.9 Å². The van der Waals surface area contributed by atoms with Crippen molar-refractivity contribution in [2.45, 2.75) is 24.7 Å². The van der Waals surface area contributed by atoms with Gasteiger partial charge in [0.05, 0.1) is 5.41 Å². The molecule has 0 amide bonds. The first-order chi connectivity index (χ1) is 8.14. The van der Waals surface area contributed by atoms with E-state index in [0.717, 1.165) is 15.6 Å². The van der Waals surface area contributed by atoms with Crippen molar-refractivity contribution in [1.29, 1.82) is 0 Å². The van der Waals surface area contributed by atoms with Gasteiger partial charge in [-0.3, -0.25) is 4.79 Å². The molecule has 2 N–H and O–H groups in total. The number of halogens is 1. The smallest absolute Gasteiger partial charge is 0.147 e. The maximum Gasteiger partial charge on any atom is 0.147 e. The van der Waals surface area contributed by atoms with E-state index in [-0.39, 0.29) is 19.0 Å². The molecule has 3 nitrogen and oxygen atoms in total. The SMILES string of the molecule is O=C1Cc2cc(Br)ccc2C1(CCO)CCO. The number of hydrogen-bond acceptors (Lipinski definition) is 3. The molecule has 0 aliphatic heterocycles. The summed E-state index contributed by atoms with van der Waals surface area (Å²) < 4.78 is 0.952. The minimum Gasteiger partial charge on any atom is -0.396 e. The predicted octanol–water partition coefficient (Wildman–Crippen LogP) is 1.58. The van der Waals surface area contributed by atoms with Crippen LogP contribution >= 0.6 is 15.9 Å². The lowest BCUT2D eigenvalue weighted by Crippen LogP contribution is -2.34. The lowest BCUT2D eigenvalue weighted by atomic mass is 9.75. The minimum absolute atomic E-state index is 0.0404. The van der Waals surface area contributed by atoms with Gasteiger partial charge in [-0.15, -0.1) is 0 Å². The van der Waals surface area contributed by atoms with Gasteiger partial charge >= 0.3 is 0 Å². The van der Waals surface area contributed by atoms with Crippen LogP contribution in [-0.4, -0.2) is 29.2 Å². The predicted molar refractivity (Wildman–Crippen MR) is 67.9 cm³/mol. The zero-order chi connectivity index (χ0) is 12.5. The molecule has 0 fully saturated rings. The van der Waals surface area contributed by atoms with Crippen molar-refractivity contribution in [2.75, 3.05) is 13.2 Å². The number of rotatable bonds is 4. The van der Waals surface area contributed by atoms with Crippen LogP contribution in [0, 0.1) is 0 Å². The van der Waals surface area contributed by atoms with Crippen molar-refractivity contribution in [3.8, 4) is 0 Å². The summed E-state index contributed by atoms with van der Waals surface area (Å²) in [4.78, 5) is 12.2. The largest absolute Gasteiger partial charge is 0.396 e. The van der Waals surface area contributed by atoms with Gasteiger partial charge in [-0.2, -0.15) is 0 Å². The number of hydrogen-bond donors (Lipinski definition) is 2. The van der Waals surface area contributed by atoms with Crippen molar-refractivity contribution in [1.82, 2.24) is 0 Å². The van der Waals surface area contributed by atoms with Gasteiger partial charge in [0.15, 0.2) is 0 Å². The Balaban J connectivity index is 2.50. The average molecular weight is 299 g/mol. The molecule has 0 atom stereocenters. The number of carbonyl (C=O) groups is 1. The van der Waals surface area contributed by atoms with Crippen LogP contribution < -0.4 is 0 Å². The van der Waals surface area contributed by atoms with Crippen LogP contribution in [-0.2, 0) is 16.6 Å². The van der Waals surface area contributed by atoms with Gasteiger partial charge in [0, 0.05) is 24.1 Å². The Labute approximate surface area is 109 Å². The van der Waals surface area contributed by atoms with Gasteiger partial charge in [-0.05, 0) is 36.1 Å². The molecule has 1 aliphatic carbocycles. The molecule has 17 heavy (non-hydrogen) atoms. The molecule has 0 radical (unpaired) electrons. The quantitative estimate of drug-likeness (QED) is 0.887. The van der Waals surface area contributed by atoms with Crippen molar-refractivity contribution in [2.24, 2.45) is 0 Å². The third-order valence-electron chi connectivity index (χ3n) is 3.54. The van der Waals surface area contributed by atoms with E-state index in [1.807, 2.05) is 18.2 Å². The summed E-state index contributed by atoms with van der Waals surface area (Å²) in [6, 6.07) is 5.78. The van der Waals surface area contributed by atoms with E-state index >= 15 is 0 Å². The van der Waals surface area contributed by atoms with E-state index in [4.69, 9.17) is 0 Å². The molecule has 2 rings (SSSR count). The fraction of sp³-hybridized carbons (Fsp3) is 0.462. The summed E-state index contributed by atoms with van der Waals surface area (Å²) in [6.07, 6.45) is 1.18. The van der Waals surface area contributed by atoms with E-state index in [1.54, 1.807) is 0 Å². The lowest BCUT2D eigenvalue weighted by Gasteiger charge is -2.27. The first kappa shape index (κ1) is 12.7. The third-order valence-corrected chi connectivity index (χ3v) is 4.04. The van der Waals surface area contributed by atoms with E-state index in [1.165, 1.54) is 0 Å². The Morgan fingerprint density at radius 3 is 2.47 bits per heavy atom. The zero-order valence-electron chi connectivity index (χ0n) is 9.45. The molecule has 1 aromatic rings. The third kappa shape index (κ3) is 2.05. The van der Waals surface area contributed by atoms with Crippen molar-refractivity contribution in [3.63, 3.8) is 0 Å². The maximum absolute atomic E-state index is 12.2. The molecule has 0 spiro atoms. The van der Waals surface area contributed by atoms with Gasteiger partial charge in [-0.1, -0.05) is 22.0 Å². The number of carbonyl (C=O) groups excluding carboxylic acids is 1. The molecule has 0 unspecified atom stereocenters. The van der Waals surface area contributed by atoms with Gasteiger partial charge in [0.1, 0.15) is 5.78 Å². The van der Waals surface area contributed by atoms with Crippen LogP contribution in [0.1, 0.15) is 24.0 Å². The normalized spacial score (nSPS) is 17.2. The summed E-state index contributed by atoms with van der Waals surface area (Å²) in [5.74, 6) is 0.105. The number of benzene rings is 1. The molecule has 0 heterocycles. The molecule has 0 saturated carbocycles. The summed E-state index contributed by atoms with van der Waals surface area (Å²) >= 11 is 3.39. The Kier molecular flexibility index (Phi) is 3.66. The molecular formula is C13H15BrO3. The summed E-state index contributed by atoms with van der Waals surface area (Å²) in [7, 11) is 0. The average Bonchev–Trinajstić information content (AvgIpc) is 2.53. The van der Waals surface area contributed by atoms with E-state index < -0.39 is 5.41 Å². The van der Waals surface area contributed by atoms with E-state index in [0.29, 0.717) is 19.3 Å². The second kappa shape index (κ2) is 4.88. The van der Waals surface area contributed by atoms with Crippen LogP contribution in [0.5, 0.6) is 0 Å². The van der Waals surface area contributed by atoms with Gasteiger partial charge in [0.25, 0.3) is 0 Å². The summed E-state index contributed by atoms with van der Waals surface area (Å²) in [5, 5.41) is 18.3. The Morgan fingerprint density at radius 1 is 1.24 bits per heavy atom. The van der Waals surface area contributed by atoms with Crippen molar-refractivity contribution < 1.29 is 15.0 Å². The fourth-order valence-electron chi connectivity index (χ4n) is 2.72. The highest BCUT2D eigenvalue weighted by Gasteiger charge is 2.44. The molecule has 1 aromatic carbocycles. The van der Waals surface area contributed by atoms with Gasteiger partial charge in [0.2, 0.25) is 0 Å². The van der Waals surface area contributed by atoms with Crippen LogP contribution in [0.4, 0.5) is 0 Å². The van der Waals surface area contributed by atoms with Gasteiger partial charge < -0.3 is 10.2 Å². The number of Topliss-reactive ketones (excluding diaryl/α,β-unsaturated/α-hetero) is 1. The van der Waals surface area contributed by atoms with Crippen molar-refractivity contribution >= 4 is 21.7 Å². The highest BCUT2D eigenvalue weighted by molar-refractivity contribution is 9.10. The van der Waals surface area contributed by atoms with E-state index in [9.17, 15) is 15.0 Å². The first-order valence-corrected chi connectivity index (χ1v) is 6.47. The van der Waals surface area contributed by atoms with Crippen LogP contribution in [0.2, 0.25) is 0 Å². The molecular weight excluding hydrogens is 284 g/mol. The Morgan fingerprint density at radius 2 is 1.88 bits per heavy atom. The molecule has 1 aliphatic rings. The topological polar surface area (TPSA) is 57.5 Å². The van der Waals surface area contributed by atoms with Gasteiger partial charge in [-0.25, -0.2) is 0 Å². The second-order valence-electron chi connectivity index (χ2n) is 4.43. The first-order valence-electron chi connectivity index (χ1n) is 5.68. The second-order valence-corrected chi connectivity index (χ2v) is 5.35. The molecule has 92 valence electrons. The zero-order valence-corrected chi connectivity index (χ0v) is 11.0. The minimum atomic E-state index is -0.681.